The Bertz CT molecular complexity index is 750. The Balaban J connectivity index is 1.87. The predicted octanol–water partition coefficient (Wildman–Crippen LogP) is 3.05. The van der Waals surface area contributed by atoms with E-state index in [4.69, 9.17) is 0 Å². The first kappa shape index (κ1) is 14.0. The highest BCUT2D eigenvalue weighted by atomic mass is 32.2. The Kier molecular flexibility index (Phi) is 3.85. The van der Waals surface area contributed by atoms with Crippen LogP contribution < -0.4 is 5.32 Å². The molecule has 1 aliphatic heterocycles. The first-order chi connectivity index (χ1) is 10.1. The number of carbonyl (C=O) groups excluding carboxylic acids is 1. The van der Waals surface area contributed by atoms with Crippen LogP contribution in [-0.4, -0.2) is 20.7 Å². The van der Waals surface area contributed by atoms with E-state index in [2.05, 4.69) is 19.9 Å². The number of rotatable bonds is 2. The number of nitrogens with zero attached hydrogens (tertiary/aromatic N) is 3. The van der Waals surface area contributed by atoms with Crippen molar-refractivity contribution in [1.29, 1.82) is 0 Å². The maximum absolute atomic E-state index is 11.9. The number of aryl methyl sites for hydroxylation is 2. The molecule has 21 heavy (non-hydrogen) atoms. The van der Waals surface area contributed by atoms with E-state index in [0.29, 0.717) is 15.8 Å². The smallest absolute Gasteiger partial charge is 0.264 e. The third-order valence-electron chi connectivity index (χ3n) is 2.89. The van der Waals surface area contributed by atoms with Gasteiger partial charge in [0.05, 0.1) is 16.3 Å². The van der Waals surface area contributed by atoms with Gasteiger partial charge in [0.15, 0.2) is 5.17 Å². The molecular formula is C14H12N4OS2. The van der Waals surface area contributed by atoms with Crippen LogP contribution in [0.2, 0.25) is 0 Å². The molecule has 1 N–H and O–H groups in total. The van der Waals surface area contributed by atoms with Crippen LogP contribution in [0, 0.1) is 13.8 Å². The van der Waals surface area contributed by atoms with E-state index in [0.717, 1.165) is 16.8 Å². The molecule has 0 spiro atoms. The molecule has 0 unspecified atom stereocenters. The number of amides is 1. The van der Waals surface area contributed by atoms with Gasteiger partial charge in [-0.05, 0) is 60.4 Å². The Labute approximate surface area is 130 Å². The van der Waals surface area contributed by atoms with Gasteiger partial charge >= 0.3 is 0 Å². The molecule has 1 aromatic heterocycles. The van der Waals surface area contributed by atoms with Crippen LogP contribution in [0.4, 0.5) is 5.69 Å². The molecule has 1 aromatic carbocycles. The lowest BCUT2D eigenvalue weighted by atomic mass is 10.1. The molecule has 5 nitrogen and oxygen atoms in total. The number of aromatic nitrogens is 2. The van der Waals surface area contributed by atoms with Crippen molar-refractivity contribution in [3.8, 4) is 0 Å². The van der Waals surface area contributed by atoms with Gasteiger partial charge in [0, 0.05) is 5.38 Å². The largest absolute Gasteiger partial charge is 0.300 e. The summed E-state index contributed by atoms with van der Waals surface area (Å²) in [4.78, 5) is 17.0. The minimum atomic E-state index is -0.156. The molecule has 1 saturated heterocycles. The zero-order valence-electron chi connectivity index (χ0n) is 11.5. The number of thioether (sulfide) groups is 1. The minimum absolute atomic E-state index is 0.156. The molecule has 0 atom stereocenters. The molecule has 0 aliphatic carbocycles. The zero-order chi connectivity index (χ0) is 14.8. The molecule has 1 aliphatic rings. The fourth-order valence-electron chi connectivity index (χ4n) is 1.80. The second-order valence-electron chi connectivity index (χ2n) is 4.60. The summed E-state index contributed by atoms with van der Waals surface area (Å²) in [5.74, 6) is -0.156. The quantitative estimate of drug-likeness (QED) is 0.865. The van der Waals surface area contributed by atoms with E-state index in [-0.39, 0.29) is 5.91 Å². The van der Waals surface area contributed by atoms with Gasteiger partial charge in [0.25, 0.3) is 5.91 Å². The first-order valence-corrected chi connectivity index (χ1v) is 7.91. The highest BCUT2D eigenvalue weighted by Gasteiger charge is 2.24. The van der Waals surface area contributed by atoms with Crippen molar-refractivity contribution in [3.05, 3.63) is 45.3 Å². The van der Waals surface area contributed by atoms with Crippen molar-refractivity contribution in [2.75, 3.05) is 0 Å². The van der Waals surface area contributed by atoms with Crippen LogP contribution in [0.5, 0.6) is 0 Å². The predicted molar refractivity (Wildman–Crippen MR) is 86.6 cm³/mol. The normalized spacial score (nSPS) is 18.5. The summed E-state index contributed by atoms with van der Waals surface area (Å²) in [7, 11) is 0. The lowest BCUT2D eigenvalue weighted by Gasteiger charge is -2.02. The minimum Gasteiger partial charge on any atom is -0.300 e. The second-order valence-corrected chi connectivity index (χ2v) is 6.24. The van der Waals surface area contributed by atoms with E-state index in [1.807, 2.05) is 32.0 Å². The van der Waals surface area contributed by atoms with Crippen molar-refractivity contribution in [2.24, 2.45) is 4.99 Å². The number of benzene rings is 1. The molecule has 1 amide bonds. The van der Waals surface area contributed by atoms with Crippen molar-refractivity contribution in [3.63, 3.8) is 0 Å². The van der Waals surface area contributed by atoms with Crippen LogP contribution in [0.1, 0.15) is 16.8 Å². The second kappa shape index (κ2) is 5.79. The van der Waals surface area contributed by atoms with Gasteiger partial charge in [0.2, 0.25) is 0 Å². The molecule has 0 radical (unpaired) electrons. The van der Waals surface area contributed by atoms with Crippen LogP contribution in [0.15, 0.2) is 33.5 Å². The van der Waals surface area contributed by atoms with Gasteiger partial charge in [-0.2, -0.15) is 0 Å². The SMILES string of the molecule is Cc1ccc(C)c(N=C2NC(=O)/C(=C/c3csnn3)S2)c1. The summed E-state index contributed by atoms with van der Waals surface area (Å²) in [6, 6.07) is 6.06. The van der Waals surface area contributed by atoms with Crippen LogP contribution in [-0.2, 0) is 4.79 Å². The average Bonchev–Trinajstić information content (AvgIpc) is 3.06. The molecule has 106 valence electrons. The molecule has 0 bridgehead atoms. The summed E-state index contributed by atoms with van der Waals surface area (Å²) < 4.78 is 3.77. The lowest BCUT2D eigenvalue weighted by Crippen LogP contribution is -2.19. The van der Waals surface area contributed by atoms with Crippen LogP contribution in [0.3, 0.4) is 0 Å². The fraction of sp³-hybridized carbons (Fsp3) is 0.143. The van der Waals surface area contributed by atoms with E-state index < -0.39 is 0 Å². The molecule has 1 fully saturated rings. The molecule has 7 heteroatoms. The number of aliphatic imine (C=N–C) groups is 1. The van der Waals surface area contributed by atoms with Gasteiger partial charge in [-0.3, -0.25) is 4.79 Å². The maximum atomic E-state index is 11.9. The topological polar surface area (TPSA) is 67.2 Å². The van der Waals surface area contributed by atoms with Crippen molar-refractivity contribution in [2.45, 2.75) is 13.8 Å². The highest BCUT2D eigenvalue weighted by molar-refractivity contribution is 8.18. The number of hydrogen-bond donors (Lipinski definition) is 1. The van der Waals surface area contributed by atoms with E-state index in [1.165, 1.54) is 23.3 Å². The van der Waals surface area contributed by atoms with E-state index >= 15 is 0 Å². The molecular weight excluding hydrogens is 304 g/mol. The zero-order valence-corrected chi connectivity index (χ0v) is 13.1. The maximum Gasteiger partial charge on any atom is 0.264 e. The van der Waals surface area contributed by atoms with Crippen molar-refractivity contribution >= 4 is 46.1 Å². The Hall–Kier alpha value is -1.99. The lowest BCUT2D eigenvalue weighted by molar-refractivity contribution is -0.115. The Morgan fingerprint density at radius 1 is 1.33 bits per heavy atom. The Morgan fingerprint density at radius 3 is 2.95 bits per heavy atom. The third-order valence-corrected chi connectivity index (χ3v) is 4.33. The van der Waals surface area contributed by atoms with Gasteiger partial charge in [0.1, 0.15) is 0 Å². The summed E-state index contributed by atoms with van der Waals surface area (Å²) in [6.07, 6.45) is 1.72. The van der Waals surface area contributed by atoms with Crippen molar-refractivity contribution in [1.82, 2.24) is 14.9 Å². The summed E-state index contributed by atoms with van der Waals surface area (Å²) in [6.45, 7) is 4.02. The Morgan fingerprint density at radius 2 is 2.19 bits per heavy atom. The summed E-state index contributed by atoms with van der Waals surface area (Å²) in [5, 5.41) is 9.06. The number of amidine groups is 1. The van der Waals surface area contributed by atoms with Crippen molar-refractivity contribution < 1.29 is 4.79 Å². The monoisotopic (exact) mass is 316 g/mol. The fourth-order valence-corrected chi connectivity index (χ4v) is 3.03. The van der Waals surface area contributed by atoms with E-state index in [9.17, 15) is 4.79 Å². The van der Waals surface area contributed by atoms with Gasteiger partial charge < -0.3 is 5.32 Å². The van der Waals surface area contributed by atoms with Crippen LogP contribution >= 0.6 is 23.3 Å². The molecule has 3 rings (SSSR count). The number of nitrogens with one attached hydrogen (secondary N) is 1. The molecule has 0 saturated carbocycles. The first-order valence-electron chi connectivity index (χ1n) is 6.26. The molecule has 2 heterocycles. The highest BCUT2D eigenvalue weighted by Crippen LogP contribution is 2.29. The van der Waals surface area contributed by atoms with Gasteiger partial charge in [-0.25, -0.2) is 4.99 Å². The molecule has 2 aromatic rings. The van der Waals surface area contributed by atoms with E-state index in [1.54, 1.807) is 11.5 Å². The summed E-state index contributed by atoms with van der Waals surface area (Å²) >= 11 is 2.57. The average molecular weight is 316 g/mol. The van der Waals surface area contributed by atoms with Gasteiger partial charge in [-0.1, -0.05) is 16.6 Å². The number of carbonyl (C=O) groups is 1. The standard InChI is InChI=1S/C14H12N4OS2/c1-8-3-4-9(2)11(5-8)15-14-16-13(19)12(21-14)6-10-7-20-18-17-10/h3-7H,1-2H3,(H,15,16,19)/b12-6-. The van der Waals surface area contributed by atoms with Crippen LogP contribution in [0.25, 0.3) is 6.08 Å². The summed E-state index contributed by atoms with van der Waals surface area (Å²) in [5.41, 5.74) is 3.77. The van der Waals surface area contributed by atoms with Gasteiger partial charge in [-0.15, -0.1) is 5.10 Å². The number of hydrogen-bond acceptors (Lipinski definition) is 6. The third kappa shape index (κ3) is 3.20.